The molecular formula is C12H15N5O2. The average Bonchev–Trinajstić information content (AvgIpc) is 2.69. The van der Waals surface area contributed by atoms with E-state index in [1.165, 1.54) is 12.1 Å². The third-order valence-electron chi connectivity index (χ3n) is 2.79. The zero-order valence-corrected chi connectivity index (χ0v) is 11.0. The number of amides is 1. The molecule has 0 bridgehead atoms. The molecule has 2 rings (SSSR count). The molecule has 0 aromatic carbocycles. The van der Waals surface area contributed by atoms with E-state index in [1.54, 1.807) is 6.92 Å². The predicted molar refractivity (Wildman–Crippen MR) is 68.3 cm³/mol. The number of hydrogen-bond donors (Lipinski definition) is 2. The first-order chi connectivity index (χ1) is 8.99. The summed E-state index contributed by atoms with van der Waals surface area (Å²) in [5, 5.41) is 14.0. The number of nitrogens with two attached hydrogens (primary N) is 1. The summed E-state index contributed by atoms with van der Waals surface area (Å²) in [5.74, 6) is 0.643. The summed E-state index contributed by atoms with van der Waals surface area (Å²) in [6.45, 7) is 5.49. The van der Waals surface area contributed by atoms with Crippen molar-refractivity contribution in [1.82, 2.24) is 20.7 Å². The molecule has 0 radical (unpaired) electrons. The summed E-state index contributed by atoms with van der Waals surface area (Å²) in [7, 11) is 0. The van der Waals surface area contributed by atoms with E-state index in [4.69, 9.17) is 10.3 Å². The molecule has 1 unspecified atom stereocenters. The molecule has 0 fully saturated rings. The lowest BCUT2D eigenvalue weighted by Crippen LogP contribution is -2.28. The number of nitrogens with zero attached hydrogens (tertiary/aromatic N) is 3. The van der Waals surface area contributed by atoms with Gasteiger partial charge in [-0.1, -0.05) is 5.16 Å². The fourth-order valence-electron chi connectivity index (χ4n) is 1.91. The van der Waals surface area contributed by atoms with Crippen molar-refractivity contribution in [2.24, 2.45) is 0 Å². The van der Waals surface area contributed by atoms with Gasteiger partial charge in [0, 0.05) is 5.56 Å². The van der Waals surface area contributed by atoms with Crippen LogP contribution in [0.3, 0.4) is 0 Å². The molecule has 2 aromatic heterocycles. The lowest BCUT2D eigenvalue weighted by Gasteiger charge is -2.13. The number of carbonyl (C=O) groups is 1. The minimum Gasteiger partial charge on any atom is -0.382 e. The molecule has 1 atom stereocenters. The minimum absolute atomic E-state index is 0.216. The third kappa shape index (κ3) is 2.70. The first kappa shape index (κ1) is 13.0. The van der Waals surface area contributed by atoms with Gasteiger partial charge in [-0.15, -0.1) is 10.2 Å². The molecule has 0 aliphatic heterocycles. The van der Waals surface area contributed by atoms with Gasteiger partial charge in [-0.25, -0.2) is 0 Å². The van der Waals surface area contributed by atoms with Crippen LogP contribution in [-0.4, -0.2) is 21.3 Å². The largest absolute Gasteiger partial charge is 0.382 e. The zero-order chi connectivity index (χ0) is 14.0. The molecule has 7 heteroatoms. The van der Waals surface area contributed by atoms with E-state index < -0.39 is 0 Å². The lowest BCUT2D eigenvalue weighted by atomic mass is 10.1. The fourth-order valence-corrected chi connectivity index (χ4v) is 1.91. The molecule has 2 heterocycles. The van der Waals surface area contributed by atoms with Gasteiger partial charge in [-0.3, -0.25) is 4.79 Å². The van der Waals surface area contributed by atoms with Crippen LogP contribution in [0.5, 0.6) is 0 Å². The summed E-state index contributed by atoms with van der Waals surface area (Å²) >= 11 is 0. The van der Waals surface area contributed by atoms with Crippen molar-refractivity contribution < 1.29 is 9.32 Å². The number of aromatic nitrogens is 3. The highest BCUT2D eigenvalue weighted by Crippen LogP contribution is 2.21. The lowest BCUT2D eigenvalue weighted by molar-refractivity contribution is 0.0933. The van der Waals surface area contributed by atoms with Gasteiger partial charge in [0.15, 0.2) is 5.69 Å². The molecule has 2 aromatic rings. The summed E-state index contributed by atoms with van der Waals surface area (Å²) in [4.78, 5) is 12.0. The average molecular weight is 261 g/mol. The first-order valence-corrected chi connectivity index (χ1v) is 5.82. The van der Waals surface area contributed by atoms with Crippen LogP contribution < -0.4 is 11.1 Å². The van der Waals surface area contributed by atoms with Crippen LogP contribution in [0.15, 0.2) is 16.7 Å². The molecule has 100 valence electrons. The summed E-state index contributed by atoms with van der Waals surface area (Å²) in [6.07, 6.45) is 0. The number of rotatable bonds is 3. The second-order valence-electron chi connectivity index (χ2n) is 4.28. The van der Waals surface area contributed by atoms with Crippen molar-refractivity contribution >= 4 is 11.7 Å². The van der Waals surface area contributed by atoms with Crippen LogP contribution >= 0.6 is 0 Å². The van der Waals surface area contributed by atoms with Crippen molar-refractivity contribution in [3.8, 4) is 0 Å². The monoisotopic (exact) mass is 261 g/mol. The van der Waals surface area contributed by atoms with Crippen molar-refractivity contribution in [3.05, 3.63) is 34.8 Å². The van der Waals surface area contributed by atoms with Crippen LogP contribution in [0.1, 0.15) is 40.5 Å². The Labute approximate surface area is 110 Å². The molecule has 7 nitrogen and oxygen atoms in total. The Morgan fingerprint density at radius 1 is 1.37 bits per heavy atom. The minimum atomic E-state index is -0.319. The van der Waals surface area contributed by atoms with Gasteiger partial charge in [-0.2, -0.15) is 0 Å². The Morgan fingerprint density at radius 3 is 2.63 bits per heavy atom. The summed E-state index contributed by atoms with van der Waals surface area (Å²) in [6, 6.07) is 2.83. The van der Waals surface area contributed by atoms with Gasteiger partial charge < -0.3 is 15.6 Å². The maximum absolute atomic E-state index is 12.0. The molecule has 0 saturated carbocycles. The maximum atomic E-state index is 12.0. The molecule has 1 amide bonds. The van der Waals surface area contributed by atoms with Crippen LogP contribution in [-0.2, 0) is 0 Å². The Hall–Kier alpha value is -2.44. The summed E-state index contributed by atoms with van der Waals surface area (Å²) in [5.41, 5.74) is 7.26. The molecule has 0 saturated heterocycles. The number of carbonyl (C=O) groups excluding carboxylic acids is 1. The van der Waals surface area contributed by atoms with E-state index >= 15 is 0 Å². The molecule has 3 N–H and O–H groups in total. The third-order valence-corrected chi connectivity index (χ3v) is 2.79. The summed E-state index contributed by atoms with van der Waals surface area (Å²) < 4.78 is 5.07. The van der Waals surface area contributed by atoms with Gasteiger partial charge >= 0.3 is 0 Å². The normalized spacial score (nSPS) is 12.2. The number of anilines is 1. The Balaban J connectivity index is 2.13. The van der Waals surface area contributed by atoms with Gasteiger partial charge in [0.2, 0.25) is 0 Å². The van der Waals surface area contributed by atoms with Gasteiger partial charge in [-0.05, 0) is 32.9 Å². The van der Waals surface area contributed by atoms with E-state index in [0.29, 0.717) is 5.76 Å². The predicted octanol–water partition coefficient (Wildman–Crippen LogP) is 1.15. The van der Waals surface area contributed by atoms with E-state index in [1.807, 2.05) is 13.8 Å². The topological polar surface area (TPSA) is 107 Å². The van der Waals surface area contributed by atoms with Crippen LogP contribution in [0, 0.1) is 13.8 Å². The van der Waals surface area contributed by atoms with E-state index in [-0.39, 0.29) is 23.5 Å². The standard InChI is InChI=1S/C12H15N5O2/c1-6(11-7(2)17-19-8(11)3)14-12(18)9-4-5-10(13)16-15-9/h4-6H,1-3H3,(H2,13,16)(H,14,18). The number of hydrogen-bond acceptors (Lipinski definition) is 6. The fraction of sp³-hybridized carbons (Fsp3) is 0.333. The van der Waals surface area contributed by atoms with Gasteiger partial charge in [0.1, 0.15) is 11.6 Å². The molecule has 0 aliphatic rings. The second kappa shape index (κ2) is 5.05. The van der Waals surface area contributed by atoms with Crippen LogP contribution in [0.2, 0.25) is 0 Å². The van der Waals surface area contributed by atoms with E-state index in [0.717, 1.165) is 11.3 Å². The Kier molecular flexibility index (Phi) is 3.46. The van der Waals surface area contributed by atoms with Crippen LogP contribution in [0.25, 0.3) is 0 Å². The van der Waals surface area contributed by atoms with Crippen molar-refractivity contribution in [2.45, 2.75) is 26.8 Å². The molecular weight excluding hydrogens is 246 g/mol. The second-order valence-corrected chi connectivity index (χ2v) is 4.28. The number of nitrogen functional groups attached to an aromatic ring is 1. The molecule has 0 spiro atoms. The SMILES string of the molecule is Cc1noc(C)c1C(C)NC(=O)c1ccc(N)nn1. The van der Waals surface area contributed by atoms with Crippen molar-refractivity contribution in [2.75, 3.05) is 5.73 Å². The van der Waals surface area contributed by atoms with Crippen LogP contribution in [0.4, 0.5) is 5.82 Å². The van der Waals surface area contributed by atoms with Crippen molar-refractivity contribution in [1.29, 1.82) is 0 Å². The van der Waals surface area contributed by atoms with E-state index in [2.05, 4.69) is 20.7 Å². The van der Waals surface area contributed by atoms with Gasteiger partial charge in [0.05, 0.1) is 11.7 Å². The van der Waals surface area contributed by atoms with Crippen molar-refractivity contribution in [3.63, 3.8) is 0 Å². The zero-order valence-electron chi connectivity index (χ0n) is 11.0. The van der Waals surface area contributed by atoms with E-state index in [9.17, 15) is 4.79 Å². The number of aryl methyl sites for hydroxylation is 2. The number of nitrogens with one attached hydrogen (secondary N) is 1. The molecule has 0 aliphatic carbocycles. The highest BCUT2D eigenvalue weighted by molar-refractivity contribution is 5.92. The maximum Gasteiger partial charge on any atom is 0.272 e. The highest BCUT2D eigenvalue weighted by Gasteiger charge is 2.19. The molecule has 19 heavy (non-hydrogen) atoms. The highest BCUT2D eigenvalue weighted by atomic mass is 16.5. The quantitative estimate of drug-likeness (QED) is 0.858. The Morgan fingerprint density at radius 2 is 2.11 bits per heavy atom. The van der Waals surface area contributed by atoms with Gasteiger partial charge in [0.25, 0.3) is 5.91 Å². The smallest absolute Gasteiger partial charge is 0.272 e. The first-order valence-electron chi connectivity index (χ1n) is 5.82. The Bertz CT molecular complexity index is 571.